The zero-order valence-electron chi connectivity index (χ0n) is 14.8. The molecule has 0 bridgehead atoms. The van der Waals surface area contributed by atoms with Gasteiger partial charge in [0, 0.05) is 12.2 Å². The largest absolute Gasteiger partial charge is 0.475 e. The number of aliphatic hydroxyl groups excluding tert-OH is 1. The molecule has 0 aromatic heterocycles. The Morgan fingerprint density at radius 1 is 1.17 bits per heavy atom. The van der Waals surface area contributed by atoms with Gasteiger partial charge in [0.05, 0.1) is 12.7 Å². The molecular formula is C20H31NO3. The third kappa shape index (κ3) is 7.02. The molecular weight excluding hydrogens is 302 g/mol. The van der Waals surface area contributed by atoms with Crippen molar-refractivity contribution in [2.24, 2.45) is 4.99 Å². The van der Waals surface area contributed by atoms with Crippen molar-refractivity contribution in [3.05, 3.63) is 35.9 Å². The van der Waals surface area contributed by atoms with E-state index in [1.165, 1.54) is 25.7 Å². The summed E-state index contributed by atoms with van der Waals surface area (Å²) >= 11 is 0. The first-order valence-corrected chi connectivity index (χ1v) is 9.31. The summed E-state index contributed by atoms with van der Waals surface area (Å²) in [5.74, 6) is 0.705. The van der Waals surface area contributed by atoms with Crippen molar-refractivity contribution in [3.63, 3.8) is 0 Å². The summed E-state index contributed by atoms with van der Waals surface area (Å²) < 4.78 is 11.3. The maximum atomic E-state index is 9.96. The van der Waals surface area contributed by atoms with Crippen LogP contribution in [0.3, 0.4) is 0 Å². The van der Waals surface area contributed by atoms with E-state index in [0.29, 0.717) is 32.1 Å². The summed E-state index contributed by atoms with van der Waals surface area (Å²) in [5.41, 5.74) is 1.01. The average molecular weight is 333 g/mol. The minimum absolute atomic E-state index is 0.0615. The van der Waals surface area contributed by atoms with E-state index in [4.69, 9.17) is 9.47 Å². The minimum atomic E-state index is -0.241. The van der Waals surface area contributed by atoms with Gasteiger partial charge in [-0.2, -0.15) is 0 Å². The van der Waals surface area contributed by atoms with Crippen LogP contribution in [-0.4, -0.2) is 43.0 Å². The molecule has 0 fully saturated rings. The SMILES string of the molecule is CCCCCCCC(O)CCOC[C@@H]1COC(c2ccccc2)=N1. The predicted molar refractivity (Wildman–Crippen MR) is 97.5 cm³/mol. The highest BCUT2D eigenvalue weighted by Gasteiger charge is 2.20. The van der Waals surface area contributed by atoms with Gasteiger partial charge in [-0.1, -0.05) is 57.2 Å². The van der Waals surface area contributed by atoms with Gasteiger partial charge < -0.3 is 14.6 Å². The molecule has 0 spiro atoms. The highest BCUT2D eigenvalue weighted by atomic mass is 16.5. The number of aliphatic imine (C=N–C) groups is 1. The Hall–Kier alpha value is -1.39. The number of rotatable bonds is 12. The molecule has 1 aliphatic rings. The van der Waals surface area contributed by atoms with Gasteiger partial charge >= 0.3 is 0 Å². The monoisotopic (exact) mass is 333 g/mol. The molecule has 134 valence electrons. The van der Waals surface area contributed by atoms with Crippen molar-refractivity contribution in [1.29, 1.82) is 0 Å². The summed E-state index contributed by atoms with van der Waals surface area (Å²) in [4.78, 5) is 4.56. The first-order chi connectivity index (χ1) is 11.8. The lowest BCUT2D eigenvalue weighted by molar-refractivity contribution is 0.0675. The fraction of sp³-hybridized carbons (Fsp3) is 0.650. The van der Waals surface area contributed by atoms with E-state index in [2.05, 4.69) is 11.9 Å². The molecule has 4 heteroatoms. The van der Waals surface area contributed by atoms with Crippen molar-refractivity contribution in [2.45, 2.75) is 64.0 Å². The molecule has 2 atom stereocenters. The number of nitrogens with zero attached hydrogens (tertiary/aromatic N) is 1. The average Bonchev–Trinajstić information content (AvgIpc) is 3.08. The van der Waals surface area contributed by atoms with Gasteiger partial charge in [-0.3, -0.25) is 0 Å². The van der Waals surface area contributed by atoms with Crippen LogP contribution in [0, 0.1) is 0 Å². The van der Waals surface area contributed by atoms with Crippen molar-refractivity contribution in [1.82, 2.24) is 0 Å². The molecule has 24 heavy (non-hydrogen) atoms. The number of ether oxygens (including phenoxy) is 2. The van der Waals surface area contributed by atoms with E-state index in [9.17, 15) is 5.11 Å². The maximum Gasteiger partial charge on any atom is 0.216 e. The molecule has 1 aromatic carbocycles. The van der Waals surface area contributed by atoms with Crippen molar-refractivity contribution in [3.8, 4) is 0 Å². The van der Waals surface area contributed by atoms with E-state index in [0.717, 1.165) is 18.4 Å². The Bertz CT molecular complexity index is 475. The van der Waals surface area contributed by atoms with Crippen molar-refractivity contribution < 1.29 is 14.6 Å². The summed E-state index contributed by atoms with van der Waals surface area (Å²) in [6.07, 6.45) is 7.53. The molecule has 1 N–H and O–H groups in total. The van der Waals surface area contributed by atoms with Crippen LogP contribution in [0.1, 0.15) is 57.4 Å². The quantitative estimate of drug-likeness (QED) is 0.589. The van der Waals surface area contributed by atoms with Crippen LogP contribution in [0.15, 0.2) is 35.3 Å². The predicted octanol–water partition coefficient (Wildman–Crippen LogP) is 3.96. The fourth-order valence-electron chi connectivity index (χ4n) is 2.81. The molecule has 1 aromatic rings. The van der Waals surface area contributed by atoms with Crippen LogP contribution in [0.2, 0.25) is 0 Å². The van der Waals surface area contributed by atoms with Crippen LogP contribution >= 0.6 is 0 Å². The van der Waals surface area contributed by atoms with Crippen molar-refractivity contribution in [2.75, 3.05) is 19.8 Å². The molecule has 1 unspecified atom stereocenters. The lowest BCUT2D eigenvalue weighted by Crippen LogP contribution is -2.17. The van der Waals surface area contributed by atoms with Crippen LogP contribution < -0.4 is 0 Å². The summed E-state index contributed by atoms with van der Waals surface area (Å²) in [7, 11) is 0. The molecule has 0 amide bonds. The topological polar surface area (TPSA) is 51.0 Å². The highest BCUT2D eigenvalue weighted by molar-refractivity contribution is 5.95. The Labute approximate surface area is 145 Å². The van der Waals surface area contributed by atoms with Gasteiger partial charge in [0.15, 0.2) is 0 Å². The molecule has 1 heterocycles. The van der Waals surface area contributed by atoms with Crippen molar-refractivity contribution >= 4 is 5.90 Å². The number of hydrogen-bond acceptors (Lipinski definition) is 4. The Morgan fingerprint density at radius 2 is 1.96 bits per heavy atom. The fourth-order valence-corrected chi connectivity index (χ4v) is 2.81. The molecule has 0 radical (unpaired) electrons. The zero-order chi connectivity index (χ0) is 17.0. The van der Waals surface area contributed by atoms with Gasteiger partial charge in [-0.25, -0.2) is 4.99 Å². The standard InChI is InChI=1S/C20H31NO3/c1-2-3-4-5-9-12-19(22)13-14-23-15-18-16-24-20(21-18)17-10-7-6-8-11-17/h6-8,10-11,18-19,22H,2-5,9,12-16H2,1H3/t18-,19?/m1/s1. The smallest absolute Gasteiger partial charge is 0.216 e. The minimum Gasteiger partial charge on any atom is -0.475 e. The normalized spacial score (nSPS) is 18.2. The molecule has 4 nitrogen and oxygen atoms in total. The molecule has 2 rings (SSSR count). The molecule has 0 saturated heterocycles. The lowest BCUT2D eigenvalue weighted by Gasteiger charge is -2.11. The second-order valence-electron chi connectivity index (χ2n) is 6.49. The van der Waals surface area contributed by atoms with E-state index in [1.807, 2.05) is 30.3 Å². The van der Waals surface area contributed by atoms with Gasteiger partial charge in [-0.05, 0) is 25.0 Å². The third-order valence-corrected chi connectivity index (χ3v) is 4.28. The Balaban J connectivity index is 1.54. The van der Waals surface area contributed by atoms with E-state index < -0.39 is 0 Å². The summed E-state index contributed by atoms with van der Waals surface area (Å²) in [6.45, 7) is 3.93. The first-order valence-electron chi connectivity index (χ1n) is 9.31. The molecule has 0 saturated carbocycles. The van der Waals surface area contributed by atoms with Gasteiger partial charge in [-0.15, -0.1) is 0 Å². The highest BCUT2D eigenvalue weighted by Crippen LogP contribution is 2.13. The first kappa shape index (κ1) is 18.9. The summed E-state index contributed by atoms with van der Waals surface area (Å²) in [5, 5.41) is 9.96. The zero-order valence-corrected chi connectivity index (χ0v) is 14.8. The second kappa shape index (κ2) is 11.2. The van der Waals surface area contributed by atoms with E-state index in [1.54, 1.807) is 0 Å². The Kier molecular flexibility index (Phi) is 8.85. The van der Waals surface area contributed by atoms with Crippen LogP contribution in [-0.2, 0) is 9.47 Å². The molecule has 0 aliphatic carbocycles. The Morgan fingerprint density at radius 3 is 2.75 bits per heavy atom. The van der Waals surface area contributed by atoms with Gasteiger partial charge in [0.1, 0.15) is 12.6 Å². The van der Waals surface area contributed by atoms with Gasteiger partial charge in [0.2, 0.25) is 5.90 Å². The van der Waals surface area contributed by atoms with Crippen LogP contribution in [0.5, 0.6) is 0 Å². The van der Waals surface area contributed by atoms with E-state index >= 15 is 0 Å². The van der Waals surface area contributed by atoms with Gasteiger partial charge in [0.25, 0.3) is 0 Å². The van der Waals surface area contributed by atoms with E-state index in [-0.39, 0.29) is 12.1 Å². The maximum absolute atomic E-state index is 9.96. The number of benzene rings is 1. The lowest BCUT2D eigenvalue weighted by atomic mass is 10.1. The van der Waals surface area contributed by atoms with Crippen LogP contribution in [0.4, 0.5) is 0 Å². The van der Waals surface area contributed by atoms with Crippen LogP contribution in [0.25, 0.3) is 0 Å². The number of hydrogen-bond donors (Lipinski definition) is 1. The number of unbranched alkanes of at least 4 members (excludes halogenated alkanes) is 4. The number of aliphatic hydroxyl groups is 1. The third-order valence-electron chi connectivity index (χ3n) is 4.28. The molecule has 1 aliphatic heterocycles. The summed E-state index contributed by atoms with van der Waals surface area (Å²) in [6, 6.07) is 10.0. The second-order valence-corrected chi connectivity index (χ2v) is 6.49.